The summed E-state index contributed by atoms with van der Waals surface area (Å²) in [6.45, 7) is 7.39. The van der Waals surface area contributed by atoms with Crippen LogP contribution in [-0.4, -0.2) is 30.1 Å². The van der Waals surface area contributed by atoms with E-state index in [1.54, 1.807) is 0 Å². The Hall–Kier alpha value is -1.22. The van der Waals surface area contributed by atoms with Crippen molar-refractivity contribution in [1.29, 1.82) is 0 Å². The van der Waals surface area contributed by atoms with E-state index in [1.165, 1.54) is 24.8 Å². The summed E-state index contributed by atoms with van der Waals surface area (Å²) >= 11 is 0. The summed E-state index contributed by atoms with van der Waals surface area (Å²) in [5.41, 5.74) is 2.48. The number of fused-ring (bicyclic) bond motifs is 1. The van der Waals surface area contributed by atoms with Gasteiger partial charge in [0.15, 0.2) is 0 Å². The quantitative estimate of drug-likeness (QED) is 0.883. The molecule has 0 bridgehead atoms. The highest BCUT2D eigenvalue weighted by Gasteiger charge is 2.26. The molecule has 0 unspecified atom stereocenters. The van der Waals surface area contributed by atoms with Crippen molar-refractivity contribution in [3.8, 4) is 5.75 Å². The third-order valence-corrected chi connectivity index (χ3v) is 4.49. The highest BCUT2D eigenvalue weighted by Crippen LogP contribution is 2.34. The fourth-order valence-electron chi connectivity index (χ4n) is 3.34. The first kappa shape index (κ1) is 12.8. The lowest BCUT2D eigenvalue weighted by Crippen LogP contribution is -2.43. The van der Waals surface area contributed by atoms with E-state index in [2.05, 4.69) is 42.3 Å². The van der Waals surface area contributed by atoms with E-state index < -0.39 is 0 Å². The van der Waals surface area contributed by atoms with Crippen molar-refractivity contribution in [3.63, 3.8) is 0 Å². The van der Waals surface area contributed by atoms with Gasteiger partial charge < -0.3 is 10.1 Å². The second-order valence-corrected chi connectivity index (χ2v) is 5.87. The van der Waals surface area contributed by atoms with Crippen molar-refractivity contribution in [2.75, 3.05) is 18.5 Å². The number of rotatable bonds is 2. The number of hydrogen-bond donors (Lipinski definition) is 1. The topological polar surface area (TPSA) is 24.5 Å². The highest BCUT2D eigenvalue weighted by atomic mass is 16.5. The zero-order chi connectivity index (χ0) is 13.2. The number of ether oxygens (including phenoxy) is 1. The lowest BCUT2D eigenvalue weighted by Gasteiger charge is -2.39. The van der Waals surface area contributed by atoms with Crippen LogP contribution in [0.2, 0.25) is 0 Å². The molecule has 2 aliphatic rings. The van der Waals surface area contributed by atoms with E-state index in [-0.39, 0.29) is 0 Å². The van der Waals surface area contributed by atoms with E-state index in [0.29, 0.717) is 12.1 Å². The van der Waals surface area contributed by atoms with Gasteiger partial charge in [-0.2, -0.15) is 0 Å². The molecule has 3 rings (SSSR count). The molecule has 0 aromatic heterocycles. The molecule has 3 heteroatoms. The molecule has 0 aliphatic carbocycles. The van der Waals surface area contributed by atoms with Gasteiger partial charge in [-0.3, -0.25) is 4.90 Å². The largest absolute Gasteiger partial charge is 0.489 e. The number of para-hydroxylation sites is 1. The third-order valence-electron chi connectivity index (χ3n) is 4.49. The minimum absolute atomic E-state index is 0.677. The Bertz CT molecular complexity index is 436. The molecule has 1 saturated heterocycles. The molecular weight excluding hydrogens is 236 g/mol. The lowest BCUT2D eigenvalue weighted by molar-refractivity contribution is 0.0940. The number of nitrogens with zero attached hydrogens (tertiary/aromatic N) is 1. The summed E-state index contributed by atoms with van der Waals surface area (Å²) in [6, 6.07) is 7.81. The van der Waals surface area contributed by atoms with Gasteiger partial charge in [-0.15, -0.1) is 0 Å². The van der Waals surface area contributed by atoms with Gasteiger partial charge in [-0.05, 0) is 32.8 Å². The fourth-order valence-corrected chi connectivity index (χ4v) is 3.34. The molecule has 1 aromatic rings. The van der Waals surface area contributed by atoms with E-state index in [9.17, 15) is 0 Å². The summed E-state index contributed by atoms with van der Waals surface area (Å²) in [5.74, 6) is 1.07. The van der Waals surface area contributed by atoms with Crippen LogP contribution in [0.5, 0.6) is 5.75 Å². The molecule has 0 radical (unpaired) electrons. The first-order valence-electron chi connectivity index (χ1n) is 7.50. The molecule has 2 aliphatic heterocycles. The van der Waals surface area contributed by atoms with Gasteiger partial charge in [0.25, 0.3) is 0 Å². The Morgan fingerprint density at radius 3 is 2.84 bits per heavy atom. The van der Waals surface area contributed by atoms with E-state index in [1.807, 2.05) is 0 Å². The SMILES string of the molecule is C[C@@H]1CCC[C@H](C)N1Cc1cccc2c1OCCN2. The average Bonchev–Trinajstić information content (AvgIpc) is 2.43. The molecule has 3 nitrogen and oxygen atoms in total. The molecule has 19 heavy (non-hydrogen) atoms. The molecular formula is C16H24N2O. The van der Waals surface area contributed by atoms with Crippen LogP contribution >= 0.6 is 0 Å². The first-order valence-corrected chi connectivity index (χ1v) is 7.50. The van der Waals surface area contributed by atoms with Crippen LogP contribution < -0.4 is 10.1 Å². The molecule has 2 atom stereocenters. The van der Waals surface area contributed by atoms with Crippen molar-refractivity contribution in [2.45, 2.75) is 51.7 Å². The summed E-state index contributed by atoms with van der Waals surface area (Å²) < 4.78 is 5.88. The van der Waals surface area contributed by atoms with Gasteiger partial charge in [0.2, 0.25) is 0 Å². The zero-order valence-electron chi connectivity index (χ0n) is 12.0. The lowest BCUT2D eigenvalue weighted by atomic mass is 9.96. The van der Waals surface area contributed by atoms with Crippen LogP contribution in [-0.2, 0) is 6.54 Å². The monoisotopic (exact) mass is 260 g/mol. The number of piperidine rings is 1. The number of anilines is 1. The van der Waals surface area contributed by atoms with Crippen LogP contribution in [0.3, 0.4) is 0 Å². The second-order valence-electron chi connectivity index (χ2n) is 5.87. The standard InChI is InChI=1S/C16H24N2O/c1-12-5-3-6-13(2)18(12)11-14-7-4-8-15-16(14)19-10-9-17-15/h4,7-8,12-13,17H,3,5-6,9-11H2,1-2H3/t12-,13+. The zero-order valence-corrected chi connectivity index (χ0v) is 12.0. The Balaban J connectivity index is 1.82. The molecule has 1 aromatic carbocycles. The second kappa shape index (κ2) is 5.41. The van der Waals surface area contributed by atoms with Crippen molar-refractivity contribution in [1.82, 2.24) is 4.90 Å². The summed E-state index contributed by atoms with van der Waals surface area (Å²) in [4.78, 5) is 2.62. The van der Waals surface area contributed by atoms with Crippen molar-refractivity contribution in [3.05, 3.63) is 23.8 Å². The first-order chi connectivity index (χ1) is 9.25. The minimum Gasteiger partial charge on any atom is -0.489 e. The molecule has 104 valence electrons. The molecule has 2 heterocycles. The normalized spacial score (nSPS) is 27.3. The maximum atomic E-state index is 5.88. The summed E-state index contributed by atoms with van der Waals surface area (Å²) in [7, 11) is 0. The number of hydrogen-bond acceptors (Lipinski definition) is 3. The van der Waals surface area contributed by atoms with Crippen LogP contribution in [0.4, 0.5) is 5.69 Å². The molecule has 0 saturated carbocycles. The average molecular weight is 260 g/mol. The third kappa shape index (κ3) is 2.57. The minimum atomic E-state index is 0.677. The Kier molecular flexibility index (Phi) is 3.65. The summed E-state index contributed by atoms with van der Waals surface area (Å²) in [6.07, 6.45) is 4.00. The van der Waals surface area contributed by atoms with Gasteiger partial charge in [0, 0.05) is 30.7 Å². The van der Waals surface area contributed by atoms with Gasteiger partial charge >= 0.3 is 0 Å². The van der Waals surface area contributed by atoms with E-state index >= 15 is 0 Å². The number of benzene rings is 1. The van der Waals surface area contributed by atoms with Crippen molar-refractivity contribution >= 4 is 5.69 Å². The van der Waals surface area contributed by atoms with Gasteiger partial charge in [0.05, 0.1) is 5.69 Å². The van der Waals surface area contributed by atoms with Crippen LogP contribution in [0.25, 0.3) is 0 Å². The Morgan fingerprint density at radius 2 is 2.05 bits per heavy atom. The number of nitrogens with one attached hydrogen (secondary N) is 1. The van der Waals surface area contributed by atoms with Crippen LogP contribution in [0, 0.1) is 0 Å². The van der Waals surface area contributed by atoms with E-state index in [0.717, 1.165) is 31.1 Å². The smallest absolute Gasteiger partial charge is 0.146 e. The molecule has 0 spiro atoms. The molecule has 1 fully saturated rings. The predicted molar refractivity (Wildman–Crippen MR) is 78.7 cm³/mol. The maximum Gasteiger partial charge on any atom is 0.146 e. The van der Waals surface area contributed by atoms with Crippen LogP contribution in [0.1, 0.15) is 38.7 Å². The van der Waals surface area contributed by atoms with Crippen molar-refractivity contribution < 1.29 is 4.74 Å². The maximum absolute atomic E-state index is 5.88. The van der Waals surface area contributed by atoms with Crippen molar-refractivity contribution in [2.24, 2.45) is 0 Å². The predicted octanol–water partition coefficient (Wildman–Crippen LogP) is 3.25. The van der Waals surface area contributed by atoms with Gasteiger partial charge in [-0.25, -0.2) is 0 Å². The highest BCUT2D eigenvalue weighted by molar-refractivity contribution is 5.61. The van der Waals surface area contributed by atoms with Gasteiger partial charge in [-0.1, -0.05) is 18.6 Å². The fraction of sp³-hybridized carbons (Fsp3) is 0.625. The Labute approximate surface area is 115 Å². The van der Waals surface area contributed by atoms with Crippen LogP contribution in [0.15, 0.2) is 18.2 Å². The number of likely N-dealkylation sites (tertiary alicyclic amines) is 1. The molecule has 0 amide bonds. The molecule has 1 N–H and O–H groups in total. The Morgan fingerprint density at radius 1 is 1.26 bits per heavy atom. The van der Waals surface area contributed by atoms with Gasteiger partial charge in [0.1, 0.15) is 12.4 Å². The van der Waals surface area contributed by atoms with E-state index in [4.69, 9.17) is 4.74 Å². The summed E-state index contributed by atoms with van der Waals surface area (Å²) in [5, 5.41) is 3.42.